The van der Waals surface area contributed by atoms with Crippen molar-refractivity contribution >= 4 is 43.8 Å². The summed E-state index contributed by atoms with van der Waals surface area (Å²) in [5.74, 6) is -2.57. The number of nitrogens with zero attached hydrogens (tertiary/aromatic N) is 2. The molecule has 1 aliphatic heterocycles. The predicted molar refractivity (Wildman–Crippen MR) is 117 cm³/mol. The second-order valence-corrected chi connectivity index (χ2v) is 9.47. The molecule has 0 aliphatic carbocycles. The Hall–Kier alpha value is -3.53. The number of carboxylic acids is 1. The zero-order valence-electron chi connectivity index (χ0n) is 17.7. The van der Waals surface area contributed by atoms with Gasteiger partial charge in [-0.15, -0.1) is 11.3 Å². The van der Waals surface area contributed by atoms with Crippen LogP contribution >= 0.6 is 11.3 Å². The molecular formula is C20H15F6N3O5S2. The van der Waals surface area contributed by atoms with Crippen LogP contribution in [0.2, 0.25) is 0 Å². The maximum Gasteiger partial charge on any atom is 0.490 e. The molecule has 0 bridgehead atoms. The van der Waals surface area contributed by atoms with E-state index in [9.17, 15) is 34.8 Å². The maximum atomic E-state index is 13.4. The Kier molecular flexibility index (Phi) is 7.68. The number of benzene rings is 2. The van der Waals surface area contributed by atoms with Gasteiger partial charge in [0.1, 0.15) is 12.4 Å². The molecule has 0 saturated carbocycles. The van der Waals surface area contributed by atoms with E-state index in [1.807, 2.05) is 0 Å². The van der Waals surface area contributed by atoms with Crippen molar-refractivity contribution in [3.8, 4) is 5.75 Å². The highest BCUT2D eigenvalue weighted by atomic mass is 32.2. The number of aromatic nitrogens is 1. The van der Waals surface area contributed by atoms with E-state index in [1.54, 1.807) is 5.38 Å². The largest absolute Gasteiger partial charge is 0.490 e. The number of aliphatic carboxylic acids is 1. The minimum absolute atomic E-state index is 0.0129. The molecule has 2 heterocycles. The van der Waals surface area contributed by atoms with Crippen molar-refractivity contribution in [3.63, 3.8) is 0 Å². The van der Waals surface area contributed by atoms with E-state index >= 15 is 0 Å². The van der Waals surface area contributed by atoms with E-state index < -0.39 is 33.9 Å². The average molecular weight is 555 g/mol. The van der Waals surface area contributed by atoms with Gasteiger partial charge >= 0.3 is 18.3 Å². The van der Waals surface area contributed by atoms with Crippen LogP contribution in [0, 0.1) is 0 Å². The number of ether oxygens (including phenoxy) is 1. The fourth-order valence-corrected chi connectivity index (χ4v) is 4.82. The molecule has 1 aliphatic rings. The lowest BCUT2D eigenvalue weighted by Gasteiger charge is -2.33. The molecule has 194 valence electrons. The minimum atomic E-state index is -5.08. The van der Waals surface area contributed by atoms with E-state index in [2.05, 4.69) is 9.71 Å². The lowest BCUT2D eigenvalue weighted by atomic mass is 10.1. The number of thiazole rings is 1. The number of hydrogen-bond donors (Lipinski definition) is 2. The molecule has 8 nitrogen and oxygen atoms in total. The molecule has 1 aromatic heterocycles. The highest BCUT2D eigenvalue weighted by molar-refractivity contribution is 7.93. The molecule has 0 atom stereocenters. The Balaban J connectivity index is 0.000000454. The van der Waals surface area contributed by atoms with Crippen LogP contribution in [0.1, 0.15) is 5.56 Å². The zero-order valence-corrected chi connectivity index (χ0v) is 19.3. The van der Waals surface area contributed by atoms with Crippen LogP contribution in [0.25, 0.3) is 0 Å². The van der Waals surface area contributed by atoms with Crippen LogP contribution in [-0.4, -0.2) is 43.8 Å². The summed E-state index contributed by atoms with van der Waals surface area (Å²) in [4.78, 5) is 14.2. The first-order chi connectivity index (χ1) is 16.7. The summed E-state index contributed by atoms with van der Waals surface area (Å²) in [6.45, 7) is 0.312. The third kappa shape index (κ3) is 6.37. The van der Waals surface area contributed by atoms with Crippen molar-refractivity contribution in [2.75, 3.05) is 22.8 Å². The van der Waals surface area contributed by atoms with Gasteiger partial charge in [-0.1, -0.05) is 12.1 Å². The predicted octanol–water partition coefficient (Wildman–Crippen LogP) is 5.13. The zero-order chi connectivity index (χ0) is 26.7. The highest BCUT2D eigenvalue weighted by Gasteiger charge is 2.38. The molecule has 0 saturated heterocycles. The van der Waals surface area contributed by atoms with Gasteiger partial charge in [-0.05, 0) is 24.3 Å². The first-order valence-electron chi connectivity index (χ1n) is 9.63. The second kappa shape index (κ2) is 10.2. The van der Waals surface area contributed by atoms with Crippen molar-refractivity contribution in [1.82, 2.24) is 4.98 Å². The van der Waals surface area contributed by atoms with Crippen LogP contribution in [0.5, 0.6) is 5.75 Å². The Morgan fingerprint density at radius 1 is 1.08 bits per heavy atom. The molecule has 16 heteroatoms. The molecule has 0 fully saturated rings. The van der Waals surface area contributed by atoms with Gasteiger partial charge < -0.3 is 14.7 Å². The van der Waals surface area contributed by atoms with Crippen molar-refractivity contribution in [2.24, 2.45) is 0 Å². The van der Waals surface area contributed by atoms with Gasteiger partial charge in [0.2, 0.25) is 0 Å². The van der Waals surface area contributed by atoms with Crippen LogP contribution < -0.4 is 14.4 Å². The Morgan fingerprint density at radius 3 is 2.33 bits per heavy atom. The molecular weight excluding hydrogens is 540 g/mol. The lowest BCUT2D eigenvalue weighted by Crippen LogP contribution is -2.30. The van der Waals surface area contributed by atoms with Crippen molar-refractivity contribution < 1.29 is 49.4 Å². The molecule has 36 heavy (non-hydrogen) atoms. The third-order valence-corrected chi connectivity index (χ3v) is 6.66. The normalized spacial score (nSPS) is 13.7. The number of anilines is 3. The van der Waals surface area contributed by atoms with Gasteiger partial charge in [0.15, 0.2) is 5.13 Å². The van der Waals surface area contributed by atoms with E-state index in [4.69, 9.17) is 14.6 Å². The molecule has 4 rings (SSSR count). The molecule has 3 aromatic rings. The van der Waals surface area contributed by atoms with Gasteiger partial charge in [-0.2, -0.15) is 26.3 Å². The number of fused-ring (bicyclic) bond motifs is 1. The lowest BCUT2D eigenvalue weighted by molar-refractivity contribution is -0.192. The van der Waals surface area contributed by atoms with Gasteiger partial charge in [0, 0.05) is 17.6 Å². The fourth-order valence-electron chi connectivity index (χ4n) is 3.01. The molecule has 2 aromatic carbocycles. The third-order valence-electron chi connectivity index (χ3n) is 4.50. The highest BCUT2D eigenvalue weighted by Crippen LogP contribution is 2.43. The first-order valence-corrected chi connectivity index (χ1v) is 12.0. The summed E-state index contributed by atoms with van der Waals surface area (Å²) in [6.07, 6.45) is -8.13. The quantitative estimate of drug-likeness (QED) is 0.430. The van der Waals surface area contributed by atoms with E-state index in [0.29, 0.717) is 5.69 Å². The Morgan fingerprint density at radius 2 is 1.75 bits per heavy atom. The maximum absolute atomic E-state index is 13.4. The molecule has 2 N–H and O–H groups in total. The van der Waals surface area contributed by atoms with Crippen LogP contribution in [0.4, 0.5) is 42.8 Å². The number of carboxylic acid groups (broad SMARTS) is 1. The number of halogens is 6. The summed E-state index contributed by atoms with van der Waals surface area (Å²) in [5, 5.41) is 8.97. The SMILES string of the molecule is O=C(O)C(F)(F)F.O=S(=O)(Nc1nccs1)c1ccc2c(c1)OCCN2c1ccccc1C(F)(F)F. The van der Waals surface area contributed by atoms with Crippen LogP contribution in [0.3, 0.4) is 0 Å². The Labute approximate surface area is 203 Å². The average Bonchev–Trinajstić information content (AvgIpc) is 3.30. The first kappa shape index (κ1) is 27.1. The van der Waals surface area contributed by atoms with E-state index in [1.165, 1.54) is 47.5 Å². The van der Waals surface area contributed by atoms with Crippen LogP contribution in [-0.2, 0) is 21.0 Å². The fraction of sp³-hybridized carbons (Fsp3) is 0.200. The van der Waals surface area contributed by atoms with Crippen molar-refractivity contribution in [2.45, 2.75) is 17.2 Å². The topological polar surface area (TPSA) is 109 Å². The van der Waals surface area contributed by atoms with Gasteiger partial charge in [0.05, 0.1) is 28.4 Å². The molecule has 0 amide bonds. The summed E-state index contributed by atoms with van der Waals surface area (Å²) < 4.78 is 105. The summed E-state index contributed by atoms with van der Waals surface area (Å²) >= 11 is 1.13. The van der Waals surface area contributed by atoms with E-state index in [-0.39, 0.29) is 34.6 Å². The summed E-state index contributed by atoms with van der Waals surface area (Å²) in [6, 6.07) is 9.32. The standard InChI is InChI=1S/C18H14F3N3O3S2.C2HF3O2/c19-18(20,21)13-3-1-2-4-14(13)24-8-9-27-16-11-12(5-6-15(16)24)29(25,26)23-17-22-7-10-28-17;3-2(4,5)1(6)7/h1-7,10-11H,8-9H2,(H,22,23);(H,6,7). The molecule has 0 radical (unpaired) electrons. The number of alkyl halides is 6. The van der Waals surface area contributed by atoms with Crippen molar-refractivity contribution in [3.05, 3.63) is 59.6 Å². The number of carbonyl (C=O) groups is 1. The molecule has 0 spiro atoms. The smallest absolute Gasteiger partial charge is 0.489 e. The van der Waals surface area contributed by atoms with Crippen LogP contribution in [0.15, 0.2) is 58.9 Å². The number of sulfonamides is 1. The number of hydrogen-bond acceptors (Lipinski definition) is 7. The number of nitrogens with one attached hydrogen (secondary N) is 1. The van der Waals surface area contributed by atoms with Gasteiger partial charge in [0.25, 0.3) is 10.0 Å². The van der Waals surface area contributed by atoms with Gasteiger partial charge in [-0.3, -0.25) is 4.72 Å². The van der Waals surface area contributed by atoms with E-state index in [0.717, 1.165) is 17.4 Å². The summed E-state index contributed by atoms with van der Waals surface area (Å²) in [5.41, 5.74) is -0.419. The van der Waals surface area contributed by atoms with Gasteiger partial charge in [-0.25, -0.2) is 18.2 Å². The number of rotatable bonds is 4. The van der Waals surface area contributed by atoms with Crippen molar-refractivity contribution in [1.29, 1.82) is 0 Å². The summed E-state index contributed by atoms with van der Waals surface area (Å²) in [7, 11) is -3.91. The minimum Gasteiger partial charge on any atom is -0.489 e. The Bertz CT molecular complexity index is 1330. The molecule has 0 unspecified atom stereocenters. The number of para-hydroxylation sites is 1. The monoisotopic (exact) mass is 555 g/mol. The second-order valence-electron chi connectivity index (χ2n) is 6.89.